The lowest BCUT2D eigenvalue weighted by atomic mass is 10.7. The zero-order valence-electron chi connectivity index (χ0n) is 8.04. The van der Waals surface area contributed by atoms with Crippen LogP contribution in [-0.4, -0.2) is 28.1 Å². The Labute approximate surface area is 87.0 Å². The van der Waals surface area contributed by atoms with Gasteiger partial charge in [0.05, 0.1) is 6.61 Å². The molecule has 1 heterocycles. The van der Waals surface area contributed by atoms with Gasteiger partial charge in [0.25, 0.3) is 5.95 Å². The predicted octanol–water partition coefficient (Wildman–Crippen LogP) is 1.32. The maximum Gasteiger partial charge on any atom is 0.253 e. The molecule has 7 heteroatoms. The molecule has 0 aliphatic heterocycles. The summed E-state index contributed by atoms with van der Waals surface area (Å²) in [5.74, 6) is 0.720. The summed E-state index contributed by atoms with van der Waals surface area (Å²) in [7, 11) is 0. The Kier molecular flexibility index (Phi) is 4.34. The van der Waals surface area contributed by atoms with Crippen LogP contribution in [0.2, 0.25) is 5.28 Å². The van der Waals surface area contributed by atoms with Gasteiger partial charge >= 0.3 is 0 Å². The van der Waals surface area contributed by atoms with E-state index in [1.54, 1.807) is 0 Å². The Balaban J connectivity index is 2.73. The van der Waals surface area contributed by atoms with Crippen LogP contribution in [-0.2, 0) is 4.84 Å². The predicted molar refractivity (Wildman–Crippen MR) is 54.2 cm³/mol. The van der Waals surface area contributed by atoms with E-state index >= 15 is 0 Å². The van der Waals surface area contributed by atoms with Gasteiger partial charge in [-0.3, -0.25) is 4.84 Å². The lowest BCUT2D eigenvalue weighted by Crippen LogP contribution is -2.09. The number of rotatable bonds is 5. The third-order valence-electron chi connectivity index (χ3n) is 1.25. The molecule has 78 valence electrons. The molecule has 0 saturated heterocycles. The number of aromatic nitrogens is 3. The summed E-state index contributed by atoms with van der Waals surface area (Å²) in [6.07, 6.45) is 0. The molecule has 0 bridgehead atoms. The molecule has 0 aromatic carbocycles. The first kappa shape index (κ1) is 10.9. The SMILES string of the molecule is CCNc1nc(Cl)nc(NOCC)n1. The lowest BCUT2D eigenvalue weighted by Gasteiger charge is -2.05. The summed E-state index contributed by atoms with van der Waals surface area (Å²) in [6.45, 7) is 5.02. The zero-order valence-corrected chi connectivity index (χ0v) is 8.80. The average molecular weight is 218 g/mol. The van der Waals surface area contributed by atoms with Crippen molar-refractivity contribution < 1.29 is 4.84 Å². The molecule has 0 aliphatic carbocycles. The number of halogens is 1. The van der Waals surface area contributed by atoms with Crippen LogP contribution in [0.15, 0.2) is 0 Å². The second kappa shape index (κ2) is 5.56. The smallest absolute Gasteiger partial charge is 0.253 e. The highest BCUT2D eigenvalue weighted by Gasteiger charge is 2.03. The van der Waals surface area contributed by atoms with Crippen molar-refractivity contribution in [1.29, 1.82) is 0 Å². The second-order valence-electron chi connectivity index (χ2n) is 2.32. The highest BCUT2D eigenvalue weighted by atomic mass is 35.5. The summed E-state index contributed by atoms with van der Waals surface area (Å²) >= 11 is 5.67. The van der Waals surface area contributed by atoms with Crippen LogP contribution >= 0.6 is 11.6 Å². The summed E-state index contributed by atoms with van der Waals surface area (Å²) in [5, 5.41) is 3.05. The van der Waals surface area contributed by atoms with Crippen molar-refractivity contribution in [3.05, 3.63) is 5.28 Å². The molecule has 1 aromatic rings. The maximum absolute atomic E-state index is 5.67. The topological polar surface area (TPSA) is 72.0 Å². The van der Waals surface area contributed by atoms with E-state index in [1.807, 2.05) is 13.8 Å². The van der Waals surface area contributed by atoms with Crippen LogP contribution in [0.25, 0.3) is 0 Å². The van der Waals surface area contributed by atoms with Crippen LogP contribution < -0.4 is 10.8 Å². The molecule has 14 heavy (non-hydrogen) atoms. The summed E-state index contributed by atoms with van der Waals surface area (Å²) in [5.41, 5.74) is 2.55. The Bertz CT molecular complexity index is 295. The monoisotopic (exact) mass is 217 g/mol. The van der Waals surface area contributed by atoms with E-state index in [0.29, 0.717) is 25.0 Å². The molecule has 0 unspecified atom stereocenters. The van der Waals surface area contributed by atoms with Gasteiger partial charge in [-0.2, -0.15) is 15.0 Å². The highest BCUT2D eigenvalue weighted by Crippen LogP contribution is 2.08. The van der Waals surface area contributed by atoms with Crippen molar-refractivity contribution in [2.75, 3.05) is 23.9 Å². The van der Waals surface area contributed by atoms with Crippen LogP contribution in [0, 0.1) is 0 Å². The Morgan fingerprint density at radius 3 is 2.57 bits per heavy atom. The molecule has 1 rings (SSSR count). The molecule has 0 saturated carbocycles. The minimum atomic E-state index is 0.123. The lowest BCUT2D eigenvalue weighted by molar-refractivity contribution is 0.207. The standard InChI is InChI=1S/C7H12ClN5O/c1-3-9-6-10-5(8)11-7(12-6)13-14-4-2/h3-4H2,1-2H3,(H2,9,10,11,12,13). The van der Waals surface area contributed by atoms with Crippen molar-refractivity contribution in [2.24, 2.45) is 0 Å². The van der Waals surface area contributed by atoms with Crippen molar-refractivity contribution >= 4 is 23.5 Å². The van der Waals surface area contributed by atoms with Gasteiger partial charge in [0, 0.05) is 6.54 Å². The van der Waals surface area contributed by atoms with Gasteiger partial charge in [0.15, 0.2) is 0 Å². The number of hydrogen-bond donors (Lipinski definition) is 2. The van der Waals surface area contributed by atoms with E-state index < -0.39 is 0 Å². The minimum Gasteiger partial charge on any atom is -0.354 e. The number of nitrogens with zero attached hydrogens (tertiary/aromatic N) is 3. The first-order chi connectivity index (χ1) is 6.76. The van der Waals surface area contributed by atoms with Gasteiger partial charge in [-0.1, -0.05) is 0 Å². The molecule has 6 nitrogen and oxygen atoms in total. The fourth-order valence-corrected chi connectivity index (χ4v) is 0.930. The fraction of sp³-hybridized carbons (Fsp3) is 0.571. The van der Waals surface area contributed by atoms with Crippen LogP contribution in [0.4, 0.5) is 11.9 Å². The average Bonchev–Trinajstić information content (AvgIpc) is 2.14. The summed E-state index contributed by atoms with van der Waals surface area (Å²) in [6, 6.07) is 0. The molecule has 0 aliphatic rings. The molecule has 1 aromatic heterocycles. The Hall–Kier alpha value is -1.14. The van der Waals surface area contributed by atoms with Crippen molar-refractivity contribution in [2.45, 2.75) is 13.8 Å². The second-order valence-corrected chi connectivity index (χ2v) is 2.66. The van der Waals surface area contributed by atoms with Gasteiger partial charge in [0.1, 0.15) is 0 Å². The van der Waals surface area contributed by atoms with E-state index in [9.17, 15) is 0 Å². The van der Waals surface area contributed by atoms with E-state index in [1.165, 1.54) is 0 Å². The molecule has 2 N–H and O–H groups in total. The van der Waals surface area contributed by atoms with Gasteiger partial charge in [0.2, 0.25) is 11.2 Å². The largest absolute Gasteiger partial charge is 0.354 e. The third kappa shape index (κ3) is 3.31. The summed E-state index contributed by atoms with van der Waals surface area (Å²) < 4.78 is 0. The molecule has 0 amide bonds. The number of nitrogens with one attached hydrogen (secondary N) is 2. The van der Waals surface area contributed by atoms with E-state index in [4.69, 9.17) is 16.4 Å². The number of anilines is 2. The van der Waals surface area contributed by atoms with Crippen molar-refractivity contribution in [3.8, 4) is 0 Å². The third-order valence-corrected chi connectivity index (χ3v) is 1.42. The maximum atomic E-state index is 5.67. The Morgan fingerprint density at radius 2 is 1.93 bits per heavy atom. The van der Waals surface area contributed by atoms with Gasteiger partial charge in [-0.15, -0.1) is 0 Å². The van der Waals surface area contributed by atoms with Gasteiger partial charge in [-0.05, 0) is 25.4 Å². The van der Waals surface area contributed by atoms with Crippen molar-refractivity contribution in [3.63, 3.8) is 0 Å². The first-order valence-corrected chi connectivity index (χ1v) is 4.67. The normalized spacial score (nSPS) is 9.93. The van der Waals surface area contributed by atoms with E-state index in [-0.39, 0.29) is 5.28 Å². The quantitative estimate of drug-likeness (QED) is 0.725. The van der Waals surface area contributed by atoms with Crippen LogP contribution in [0.5, 0.6) is 0 Å². The first-order valence-electron chi connectivity index (χ1n) is 4.29. The molecule has 0 fully saturated rings. The fourth-order valence-electron chi connectivity index (χ4n) is 0.770. The number of hydrogen-bond acceptors (Lipinski definition) is 6. The highest BCUT2D eigenvalue weighted by molar-refractivity contribution is 6.28. The van der Waals surface area contributed by atoms with E-state index in [0.717, 1.165) is 0 Å². The Morgan fingerprint density at radius 1 is 1.21 bits per heavy atom. The van der Waals surface area contributed by atoms with Crippen LogP contribution in [0.1, 0.15) is 13.8 Å². The molecule has 0 atom stereocenters. The molecule has 0 spiro atoms. The van der Waals surface area contributed by atoms with Crippen LogP contribution in [0.3, 0.4) is 0 Å². The summed E-state index contributed by atoms with van der Waals surface area (Å²) in [4.78, 5) is 16.6. The van der Waals surface area contributed by atoms with Gasteiger partial charge < -0.3 is 5.32 Å². The minimum absolute atomic E-state index is 0.123. The zero-order chi connectivity index (χ0) is 10.4. The molecule has 0 radical (unpaired) electrons. The van der Waals surface area contributed by atoms with Crippen molar-refractivity contribution in [1.82, 2.24) is 15.0 Å². The van der Waals surface area contributed by atoms with Gasteiger partial charge in [-0.25, -0.2) is 5.48 Å². The molecular formula is C7H12ClN5O. The van der Waals surface area contributed by atoms with E-state index in [2.05, 4.69) is 25.7 Å². The molecular weight excluding hydrogens is 206 g/mol.